The van der Waals surface area contributed by atoms with Crippen molar-refractivity contribution in [3.05, 3.63) is 35.9 Å². The molecule has 0 spiro atoms. The highest BCUT2D eigenvalue weighted by Gasteiger charge is 2.22. The van der Waals surface area contributed by atoms with Gasteiger partial charge in [-0.2, -0.15) is 0 Å². The molecule has 0 atom stereocenters. The van der Waals surface area contributed by atoms with Gasteiger partial charge in [0, 0.05) is 18.2 Å². The Kier molecular flexibility index (Phi) is 2.86. The van der Waals surface area contributed by atoms with Crippen LogP contribution in [-0.4, -0.2) is 12.8 Å². The fourth-order valence-corrected chi connectivity index (χ4v) is 1.34. The average molecular weight is 175 g/mol. The summed E-state index contributed by atoms with van der Waals surface area (Å²) in [6.45, 7) is 6.47. The molecule has 0 N–H and O–H groups in total. The van der Waals surface area contributed by atoms with Crippen molar-refractivity contribution in [2.45, 2.75) is 26.2 Å². The molecule has 0 aliphatic carbocycles. The maximum atomic E-state index is 4.25. The van der Waals surface area contributed by atoms with E-state index in [4.69, 9.17) is 0 Å². The number of rotatable bonds is 2. The van der Waals surface area contributed by atoms with Crippen LogP contribution in [0.2, 0.25) is 0 Å². The zero-order valence-corrected chi connectivity index (χ0v) is 8.83. The molecule has 0 amide bonds. The zero-order valence-electron chi connectivity index (χ0n) is 8.83. The van der Waals surface area contributed by atoms with Gasteiger partial charge in [-0.3, -0.25) is 4.99 Å². The second kappa shape index (κ2) is 3.73. The highest BCUT2D eigenvalue weighted by atomic mass is 14.7. The Balaban J connectivity index is 3.08. The van der Waals surface area contributed by atoms with Gasteiger partial charge >= 0.3 is 0 Å². The molecule has 1 aromatic carbocycles. The van der Waals surface area contributed by atoms with E-state index in [0.717, 1.165) is 0 Å². The molecule has 0 saturated carbocycles. The van der Waals surface area contributed by atoms with E-state index in [1.165, 1.54) is 11.3 Å². The van der Waals surface area contributed by atoms with E-state index in [9.17, 15) is 0 Å². The van der Waals surface area contributed by atoms with Crippen molar-refractivity contribution in [1.29, 1.82) is 0 Å². The van der Waals surface area contributed by atoms with Crippen molar-refractivity contribution in [1.82, 2.24) is 0 Å². The molecule has 0 unspecified atom stereocenters. The Labute approximate surface area is 80.5 Å². The monoisotopic (exact) mass is 175 g/mol. The van der Waals surface area contributed by atoms with Crippen LogP contribution in [0.4, 0.5) is 0 Å². The summed E-state index contributed by atoms with van der Waals surface area (Å²) in [5, 5.41) is 0. The van der Waals surface area contributed by atoms with E-state index in [-0.39, 0.29) is 5.41 Å². The molecule has 0 radical (unpaired) electrons. The molecular weight excluding hydrogens is 158 g/mol. The van der Waals surface area contributed by atoms with Gasteiger partial charge in [0.2, 0.25) is 0 Å². The van der Waals surface area contributed by atoms with E-state index in [1.807, 2.05) is 13.1 Å². The van der Waals surface area contributed by atoms with Crippen molar-refractivity contribution in [3.8, 4) is 0 Å². The molecule has 1 rings (SSSR count). The van der Waals surface area contributed by atoms with Crippen molar-refractivity contribution in [3.63, 3.8) is 0 Å². The molecule has 1 aromatic rings. The summed E-state index contributed by atoms with van der Waals surface area (Å²) in [7, 11) is 1.85. The average Bonchev–Trinajstić information content (AvgIpc) is 2.18. The fraction of sp³-hybridized carbons (Fsp3) is 0.417. The topological polar surface area (TPSA) is 12.4 Å². The van der Waals surface area contributed by atoms with Crippen LogP contribution in [-0.2, 0) is 5.41 Å². The molecular formula is C12H17N. The Morgan fingerprint density at radius 3 is 2.15 bits per heavy atom. The van der Waals surface area contributed by atoms with Crippen LogP contribution in [0.25, 0.3) is 0 Å². The Hall–Kier alpha value is -1.11. The second-order valence-electron chi connectivity index (χ2n) is 3.80. The SMILES string of the molecule is CN=C(C)C(C)(C)c1ccccc1. The van der Waals surface area contributed by atoms with Gasteiger partial charge < -0.3 is 0 Å². The predicted molar refractivity (Wildman–Crippen MR) is 58.5 cm³/mol. The minimum absolute atomic E-state index is 0.0516. The molecule has 0 aromatic heterocycles. The molecule has 70 valence electrons. The van der Waals surface area contributed by atoms with Crippen molar-refractivity contribution in [2.75, 3.05) is 7.05 Å². The van der Waals surface area contributed by atoms with Crippen molar-refractivity contribution < 1.29 is 0 Å². The zero-order chi connectivity index (χ0) is 9.90. The predicted octanol–water partition coefficient (Wildman–Crippen LogP) is 3.05. The summed E-state index contributed by atoms with van der Waals surface area (Å²) in [6, 6.07) is 10.5. The highest BCUT2D eigenvalue weighted by Crippen LogP contribution is 2.24. The quantitative estimate of drug-likeness (QED) is 0.613. The minimum Gasteiger partial charge on any atom is -0.297 e. The minimum atomic E-state index is 0.0516. The van der Waals surface area contributed by atoms with Crippen LogP contribution in [0.1, 0.15) is 26.3 Å². The van der Waals surface area contributed by atoms with Crippen LogP contribution >= 0.6 is 0 Å². The van der Waals surface area contributed by atoms with Crippen LogP contribution in [0.5, 0.6) is 0 Å². The van der Waals surface area contributed by atoms with E-state index >= 15 is 0 Å². The maximum Gasteiger partial charge on any atom is 0.0276 e. The molecule has 1 nitrogen and oxygen atoms in total. The van der Waals surface area contributed by atoms with E-state index in [2.05, 4.69) is 50.0 Å². The lowest BCUT2D eigenvalue weighted by atomic mass is 9.81. The smallest absolute Gasteiger partial charge is 0.0276 e. The van der Waals surface area contributed by atoms with Gasteiger partial charge in [0.15, 0.2) is 0 Å². The van der Waals surface area contributed by atoms with Crippen molar-refractivity contribution in [2.24, 2.45) is 4.99 Å². The summed E-state index contributed by atoms with van der Waals surface area (Å²) in [6.07, 6.45) is 0. The highest BCUT2D eigenvalue weighted by molar-refractivity contribution is 5.92. The van der Waals surface area contributed by atoms with Gasteiger partial charge in [0.05, 0.1) is 0 Å². The summed E-state index contributed by atoms with van der Waals surface area (Å²) in [4.78, 5) is 4.25. The molecule has 0 aliphatic rings. The number of aliphatic imine (C=N–C) groups is 1. The van der Waals surface area contributed by atoms with E-state index in [0.29, 0.717) is 0 Å². The summed E-state index contributed by atoms with van der Waals surface area (Å²) in [5.41, 5.74) is 2.53. The molecule has 0 bridgehead atoms. The Bertz CT molecular complexity index is 296. The third-order valence-electron chi connectivity index (χ3n) is 2.74. The lowest BCUT2D eigenvalue weighted by molar-refractivity contribution is 0.712. The van der Waals surface area contributed by atoms with Crippen LogP contribution in [0.3, 0.4) is 0 Å². The third kappa shape index (κ3) is 1.97. The first-order chi connectivity index (χ1) is 6.09. The third-order valence-corrected chi connectivity index (χ3v) is 2.74. The normalized spacial score (nSPS) is 13.1. The Morgan fingerprint density at radius 1 is 1.15 bits per heavy atom. The number of nitrogens with zero attached hydrogens (tertiary/aromatic N) is 1. The van der Waals surface area contributed by atoms with Gasteiger partial charge in [-0.15, -0.1) is 0 Å². The van der Waals surface area contributed by atoms with Gasteiger partial charge in [-0.05, 0) is 12.5 Å². The van der Waals surface area contributed by atoms with Gasteiger partial charge in [0.25, 0.3) is 0 Å². The van der Waals surface area contributed by atoms with E-state index < -0.39 is 0 Å². The number of hydrogen-bond donors (Lipinski definition) is 0. The summed E-state index contributed by atoms with van der Waals surface area (Å²) in [5.74, 6) is 0. The standard InChI is InChI=1S/C12H17N/c1-10(13-4)12(2,3)11-8-6-5-7-9-11/h5-9H,1-4H3. The largest absolute Gasteiger partial charge is 0.297 e. The second-order valence-corrected chi connectivity index (χ2v) is 3.80. The van der Waals surface area contributed by atoms with Crippen LogP contribution in [0, 0.1) is 0 Å². The van der Waals surface area contributed by atoms with Gasteiger partial charge in [0.1, 0.15) is 0 Å². The lowest BCUT2D eigenvalue weighted by Crippen LogP contribution is -2.26. The molecule has 0 aliphatic heterocycles. The molecule has 0 saturated heterocycles. The summed E-state index contributed by atoms with van der Waals surface area (Å²) >= 11 is 0. The molecule has 1 heteroatoms. The first-order valence-electron chi connectivity index (χ1n) is 4.58. The Morgan fingerprint density at radius 2 is 1.69 bits per heavy atom. The maximum absolute atomic E-state index is 4.25. The molecule has 0 fully saturated rings. The molecule has 13 heavy (non-hydrogen) atoms. The molecule has 0 heterocycles. The first kappa shape index (κ1) is 9.97. The fourth-order valence-electron chi connectivity index (χ4n) is 1.34. The van der Waals surface area contributed by atoms with Crippen LogP contribution < -0.4 is 0 Å². The lowest BCUT2D eigenvalue weighted by Gasteiger charge is -2.24. The number of benzene rings is 1. The summed E-state index contributed by atoms with van der Waals surface area (Å²) < 4.78 is 0. The van der Waals surface area contributed by atoms with Gasteiger partial charge in [-0.25, -0.2) is 0 Å². The van der Waals surface area contributed by atoms with Crippen molar-refractivity contribution >= 4 is 5.71 Å². The van der Waals surface area contributed by atoms with E-state index in [1.54, 1.807) is 0 Å². The van der Waals surface area contributed by atoms with Crippen LogP contribution in [0.15, 0.2) is 35.3 Å². The first-order valence-corrected chi connectivity index (χ1v) is 4.58. The number of hydrogen-bond acceptors (Lipinski definition) is 1. The van der Waals surface area contributed by atoms with Gasteiger partial charge in [-0.1, -0.05) is 44.2 Å².